The van der Waals surface area contributed by atoms with Crippen LogP contribution in [0.4, 0.5) is 4.39 Å². The molecule has 0 N–H and O–H groups in total. The molecular weight excluding hydrogens is 171 g/mol. The van der Waals surface area contributed by atoms with Crippen LogP contribution in [0.25, 0.3) is 0 Å². The molecule has 0 aromatic heterocycles. The van der Waals surface area contributed by atoms with Crippen LogP contribution in [0.1, 0.15) is 10.4 Å². The van der Waals surface area contributed by atoms with Gasteiger partial charge in [-0.25, -0.2) is 4.39 Å². The first-order valence-electron chi connectivity index (χ1n) is 2.77. The van der Waals surface area contributed by atoms with E-state index >= 15 is 0 Å². The fourth-order valence-corrected chi connectivity index (χ4v) is 0.814. The second-order valence-electron chi connectivity index (χ2n) is 1.91. The summed E-state index contributed by atoms with van der Waals surface area (Å²) in [6.45, 7) is 0. The molecule has 0 aliphatic heterocycles. The van der Waals surface area contributed by atoms with Gasteiger partial charge in [0.05, 0.1) is 5.97 Å². The molecule has 4 heteroatoms. The Morgan fingerprint density at radius 1 is 1.55 bits per heavy atom. The summed E-state index contributed by atoms with van der Waals surface area (Å²) in [6, 6.07) is 3.27. The Kier molecular flexibility index (Phi) is 2.10. The second-order valence-corrected chi connectivity index (χ2v) is 2.35. The van der Waals surface area contributed by atoms with Crippen LogP contribution in [0.15, 0.2) is 18.2 Å². The Morgan fingerprint density at radius 3 is 2.64 bits per heavy atom. The topological polar surface area (TPSA) is 40.1 Å². The molecule has 0 radical (unpaired) electrons. The van der Waals surface area contributed by atoms with Gasteiger partial charge in [0.25, 0.3) is 0 Å². The summed E-state index contributed by atoms with van der Waals surface area (Å²) in [5.41, 5.74) is -0.477. The van der Waals surface area contributed by atoms with Crippen molar-refractivity contribution in [3.8, 4) is 0 Å². The fraction of sp³-hybridized carbons (Fsp3) is 0. The molecule has 0 unspecified atom stereocenters. The number of carbonyl (C=O) groups excluding carboxylic acids is 1. The van der Waals surface area contributed by atoms with E-state index in [1.807, 2.05) is 0 Å². The highest BCUT2D eigenvalue weighted by Crippen LogP contribution is 2.13. The summed E-state index contributed by atoms with van der Waals surface area (Å²) in [4.78, 5) is 10.1. The zero-order valence-electron chi connectivity index (χ0n) is 5.30. The first-order valence-corrected chi connectivity index (χ1v) is 3.15. The molecule has 0 bridgehead atoms. The van der Waals surface area contributed by atoms with Gasteiger partial charge in [-0.1, -0.05) is 11.6 Å². The quantitative estimate of drug-likeness (QED) is 0.632. The molecule has 1 rings (SSSR count). The number of benzene rings is 1. The first-order chi connectivity index (χ1) is 5.11. The number of carboxylic acids is 1. The average Bonchev–Trinajstić information content (AvgIpc) is 1.85. The van der Waals surface area contributed by atoms with Crippen LogP contribution in [0.2, 0.25) is 5.02 Å². The molecule has 0 atom stereocenters. The molecule has 0 saturated carbocycles. The van der Waals surface area contributed by atoms with E-state index in [1.165, 1.54) is 6.07 Å². The summed E-state index contributed by atoms with van der Waals surface area (Å²) in [5.74, 6) is -2.42. The van der Waals surface area contributed by atoms with Crippen molar-refractivity contribution in [1.82, 2.24) is 0 Å². The first kappa shape index (κ1) is 8.01. The SMILES string of the molecule is O=C([O-])c1ccc(Cl)cc1F. The molecule has 0 spiro atoms. The molecule has 58 valence electrons. The third kappa shape index (κ3) is 1.68. The number of halogens is 2. The normalized spacial score (nSPS) is 9.64. The zero-order valence-corrected chi connectivity index (χ0v) is 6.06. The largest absolute Gasteiger partial charge is 0.545 e. The van der Waals surface area contributed by atoms with Gasteiger partial charge in [-0.05, 0) is 18.2 Å². The number of carboxylic acid groups (broad SMARTS) is 1. The minimum atomic E-state index is -1.54. The predicted octanol–water partition coefficient (Wildman–Crippen LogP) is 0.843. The van der Waals surface area contributed by atoms with Crippen molar-refractivity contribution in [2.24, 2.45) is 0 Å². The van der Waals surface area contributed by atoms with Crippen molar-refractivity contribution in [3.63, 3.8) is 0 Å². The van der Waals surface area contributed by atoms with Crippen molar-refractivity contribution in [3.05, 3.63) is 34.6 Å². The van der Waals surface area contributed by atoms with E-state index in [-0.39, 0.29) is 5.02 Å². The number of carbonyl (C=O) groups is 1. The Hall–Kier alpha value is -1.09. The van der Waals surface area contributed by atoms with Gasteiger partial charge in [-0.15, -0.1) is 0 Å². The molecule has 11 heavy (non-hydrogen) atoms. The van der Waals surface area contributed by atoms with Crippen LogP contribution in [0.5, 0.6) is 0 Å². The van der Waals surface area contributed by atoms with Crippen LogP contribution in [-0.4, -0.2) is 5.97 Å². The number of hydrogen-bond acceptors (Lipinski definition) is 2. The van der Waals surface area contributed by atoms with Crippen molar-refractivity contribution in [2.75, 3.05) is 0 Å². The van der Waals surface area contributed by atoms with E-state index in [2.05, 4.69) is 0 Å². The van der Waals surface area contributed by atoms with E-state index in [0.717, 1.165) is 12.1 Å². The van der Waals surface area contributed by atoms with Gasteiger partial charge in [0.1, 0.15) is 5.82 Å². The van der Waals surface area contributed by atoms with Crippen molar-refractivity contribution < 1.29 is 14.3 Å². The maximum absolute atomic E-state index is 12.6. The van der Waals surface area contributed by atoms with Gasteiger partial charge >= 0.3 is 0 Å². The summed E-state index contributed by atoms with van der Waals surface area (Å²) >= 11 is 5.37. The van der Waals surface area contributed by atoms with E-state index in [4.69, 9.17) is 11.6 Å². The van der Waals surface area contributed by atoms with Gasteiger partial charge in [0, 0.05) is 10.6 Å². The summed E-state index contributed by atoms with van der Waals surface area (Å²) < 4.78 is 12.6. The maximum Gasteiger partial charge on any atom is 0.133 e. The summed E-state index contributed by atoms with van der Waals surface area (Å²) in [7, 11) is 0. The highest BCUT2D eigenvalue weighted by atomic mass is 35.5. The molecule has 0 amide bonds. The lowest BCUT2D eigenvalue weighted by atomic mass is 10.2. The van der Waals surface area contributed by atoms with Crippen LogP contribution in [0.3, 0.4) is 0 Å². The molecular formula is C7H3ClFO2-. The van der Waals surface area contributed by atoms with E-state index in [9.17, 15) is 14.3 Å². The van der Waals surface area contributed by atoms with Crippen molar-refractivity contribution >= 4 is 17.6 Å². The van der Waals surface area contributed by atoms with E-state index < -0.39 is 17.3 Å². The number of aromatic carboxylic acids is 1. The highest BCUT2D eigenvalue weighted by molar-refractivity contribution is 6.30. The van der Waals surface area contributed by atoms with Crippen LogP contribution < -0.4 is 5.11 Å². The smallest absolute Gasteiger partial charge is 0.133 e. The lowest BCUT2D eigenvalue weighted by molar-refractivity contribution is -0.255. The third-order valence-electron chi connectivity index (χ3n) is 1.15. The van der Waals surface area contributed by atoms with Crippen molar-refractivity contribution in [2.45, 2.75) is 0 Å². The predicted molar refractivity (Wildman–Crippen MR) is 35.7 cm³/mol. The Bertz CT molecular complexity index is 298. The van der Waals surface area contributed by atoms with Gasteiger partial charge in [-0.2, -0.15) is 0 Å². The van der Waals surface area contributed by atoms with Gasteiger partial charge in [-0.3, -0.25) is 0 Å². The molecule has 0 fully saturated rings. The third-order valence-corrected chi connectivity index (χ3v) is 1.39. The molecule has 1 aromatic rings. The summed E-state index contributed by atoms with van der Waals surface area (Å²) in [6.07, 6.45) is 0. The van der Waals surface area contributed by atoms with Gasteiger partial charge in [0.15, 0.2) is 0 Å². The minimum absolute atomic E-state index is 0.160. The van der Waals surface area contributed by atoms with E-state index in [0.29, 0.717) is 0 Å². The van der Waals surface area contributed by atoms with Gasteiger partial charge < -0.3 is 9.90 Å². The van der Waals surface area contributed by atoms with Crippen molar-refractivity contribution in [1.29, 1.82) is 0 Å². The molecule has 0 heterocycles. The molecule has 1 aromatic carbocycles. The lowest BCUT2D eigenvalue weighted by Gasteiger charge is -2.02. The fourth-order valence-electron chi connectivity index (χ4n) is 0.655. The molecule has 2 nitrogen and oxygen atoms in total. The number of rotatable bonds is 1. The maximum atomic E-state index is 12.6. The highest BCUT2D eigenvalue weighted by Gasteiger charge is 2.01. The standard InChI is InChI=1S/C7H4ClFO2/c8-4-1-2-5(7(10)11)6(9)3-4/h1-3H,(H,10,11)/p-1. The summed E-state index contributed by atoms with van der Waals surface area (Å²) in [5, 5.41) is 10.3. The van der Waals surface area contributed by atoms with Crippen LogP contribution in [0, 0.1) is 5.82 Å². The Labute approximate surface area is 67.2 Å². The monoisotopic (exact) mass is 173 g/mol. The number of hydrogen-bond donors (Lipinski definition) is 0. The Balaban J connectivity index is 3.20. The molecule has 0 saturated heterocycles. The Morgan fingerprint density at radius 2 is 2.18 bits per heavy atom. The lowest BCUT2D eigenvalue weighted by Crippen LogP contribution is -2.23. The van der Waals surface area contributed by atoms with Gasteiger partial charge in [0.2, 0.25) is 0 Å². The second kappa shape index (κ2) is 2.88. The van der Waals surface area contributed by atoms with Crippen LogP contribution in [-0.2, 0) is 0 Å². The molecule has 0 aliphatic rings. The molecule has 0 aliphatic carbocycles. The van der Waals surface area contributed by atoms with Crippen LogP contribution >= 0.6 is 11.6 Å². The zero-order chi connectivity index (χ0) is 8.43. The average molecular weight is 174 g/mol. The minimum Gasteiger partial charge on any atom is -0.545 e. The van der Waals surface area contributed by atoms with E-state index in [1.54, 1.807) is 0 Å².